The molecule has 0 spiro atoms. The summed E-state index contributed by atoms with van der Waals surface area (Å²) in [7, 11) is 0. The van der Waals surface area contributed by atoms with Gasteiger partial charge in [-0.25, -0.2) is 9.48 Å². The van der Waals surface area contributed by atoms with Crippen LogP contribution in [0.25, 0.3) is 0 Å². The Kier molecular flexibility index (Phi) is 3.51. The average Bonchev–Trinajstić information content (AvgIpc) is 2.81. The standard InChI is InChI=1S/C11H11N5O3/c1-7-4-8(2-3-9(7)11(18)19)13-10(17)5-16-6-12-14-15-16/h2-4,6H,5H2,1H3,(H,13,17)(H,18,19). The Morgan fingerprint density at radius 2 is 2.21 bits per heavy atom. The highest BCUT2D eigenvalue weighted by Gasteiger charge is 2.09. The van der Waals surface area contributed by atoms with Crippen LogP contribution in [0.4, 0.5) is 5.69 Å². The summed E-state index contributed by atoms with van der Waals surface area (Å²) < 4.78 is 1.29. The van der Waals surface area contributed by atoms with E-state index < -0.39 is 5.97 Å². The first-order valence-corrected chi connectivity index (χ1v) is 5.41. The molecule has 1 aromatic heterocycles. The Bertz CT molecular complexity index is 609. The maximum Gasteiger partial charge on any atom is 0.335 e. The molecule has 0 fully saturated rings. The van der Waals surface area contributed by atoms with Crippen molar-refractivity contribution in [1.29, 1.82) is 0 Å². The van der Waals surface area contributed by atoms with E-state index in [-0.39, 0.29) is 18.0 Å². The van der Waals surface area contributed by atoms with Crippen LogP contribution in [-0.4, -0.2) is 37.2 Å². The number of aryl methyl sites for hydroxylation is 1. The van der Waals surface area contributed by atoms with Crippen LogP contribution in [0.5, 0.6) is 0 Å². The van der Waals surface area contributed by atoms with E-state index in [1.807, 2.05) is 0 Å². The van der Waals surface area contributed by atoms with Crippen LogP contribution >= 0.6 is 0 Å². The van der Waals surface area contributed by atoms with Crippen molar-refractivity contribution < 1.29 is 14.7 Å². The van der Waals surface area contributed by atoms with Gasteiger partial charge in [0.05, 0.1) is 5.56 Å². The molecule has 0 saturated carbocycles. The number of hydrogen-bond acceptors (Lipinski definition) is 5. The van der Waals surface area contributed by atoms with Crippen molar-refractivity contribution in [3.63, 3.8) is 0 Å². The van der Waals surface area contributed by atoms with Crippen LogP contribution in [0.2, 0.25) is 0 Å². The highest BCUT2D eigenvalue weighted by molar-refractivity contribution is 5.93. The van der Waals surface area contributed by atoms with E-state index in [0.29, 0.717) is 11.3 Å². The number of rotatable bonds is 4. The molecule has 2 N–H and O–H groups in total. The van der Waals surface area contributed by atoms with Gasteiger partial charge in [-0.05, 0) is 41.1 Å². The van der Waals surface area contributed by atoms with E-state index in [2.05, 4.69) is 20.8 Å². The van der Waals surface area contributed by atoms with Gasteiger partial charge in [-0.3, -0.25) is 4.79 Å². The van der Waals surface area contributed by atoms with Crippen LogP contribution in [0.1, 0.15) is 15.9 Å². The summed E-state index contributed by atoms with van der Waals surface area (Å²) in [6.45, 7) is 1.66. The highest BCUT2D eigenvalue weighted by Crippen LogP contribution is 2.15. The molecule has 1 amide bonds. The van der Waals surface area contributed by atoms with Gasteiger partial charge in [-0.15, -0.1) is 5.10 Å². The van der Waals surface area contributed by atoms with Crippen LogP contribution < -0.4 is 5.32 Å². The molecule has 0 atom stereocenters. The number of nitrogens with one attached hydrogen (secondary N) is 1. The predicted octanol–water partition coefficient (Wildman–Crippen LogP) is 0.318. The molecule has 2 rings (SSSR count). The van der Waals surface area contributed by atoms with E-state index in [9.17, 15) is 9.59 Å². The summed E-state index contributed by atoms with van der Waals surface area (Å²) in [6.07, 6.45) is 1.33. The second-order valence-corrected chi connectivity index (χ2v) is 3.89. The molecule has 1 heterocycles. The number of carboxylic acids is 1. The van der Waals surface area contributed by atoms with Crippen molar-refractivity contribution in [1.82, 2.24) is 20.2 Å². The number of benzene rings is 1. The third-order valence-corrected chi connectivity index (χ3v) is 2.44. The number of anilines is 1. The summed E-state index contributed by atoms with van der Waals surface area (Å²) >= 11 is 0. The zero-order chi connectivity index (χ0) is 13.8. The third kappa shape index (κ3) is 3.12. The minimum absolute atomic E-state index is 0.00721. The van der Waals surface area contributed by atoms with E-state index in [1.165, 1.54) is 23.1 Å². The summed E-state index contributed by atoms with van der Waals surface area (Å²) in [5, 5.41) is 21.9. The average molecular weight is 261 g/mol. The molecular formula is C11H11N5O3. The van der Waals surface area contributed by atoms with Crippen LogP contribution in [0.3, 0.4) is 0 Å². The first kappa shape index (κ1) is 12.7. The number of amides is 1. The SMILES string of the molecule is Cc1cc(NC(=O)Cn2cnnn2)ccc1C(=O)O. The molecule has 0 radical (unpaired) electrons. The molecule has 8 nitrogen and oxygen atoms in total. The minimum Gasteiger partial charge on any atom is -0.478 e. The van der Waals surface area contributed by atoms with E-state index >= 15 is 0 Å². The highest BCUT2D eigenvalue weighted by atomic mass is 16.4. The Balaban J connectivity index is 2.05. The van der Waals surface area contributed by atoms with Gasteiger partial charge in [0.1, 0.15) is 12.9 Å². The first-order chi connectivity index (χ1) is 9.06. The third-order valence-electron chi connectivity index (χ3n) is 2.44. The largest absolute Gasteiger partial charge is 0.478 e. The molecule has 1 aromatic carbocycles. The maximum atomic E-state index is 11.7. The molecule has 0 bridgehead atoms. The molecule has 0 aliphatic rings. The number of carboxylic acid groups (broad SMARTS) is 1. The fraction of sp³-hybridized carbons (Fsp3) is 0.182. The minimum atomic E-state index is -0.996. The Morgan fingerprint density at radius 3 is 2.79 bits per heavy atom. The molecular weight excluding hydrogens is 250 g/mol. The van der Waals surface area contributed by atoms with E-state index in [1.54, 1.807) is 13.0 Å². The molecule has 0 saturated heterocycles. The van der Waals surface area contributed by atoms with Crippen molar-refractivity contribution in [3.05, 3.63) is 35.7 Å². The second-order valence-electron chi connectivity index (χ2n) is 3.89. The molecule has 2 aromatic rings. The lowest BCUT2D eigenvalue weighted by Crippen LogP contribution is -2.19. The van der Waals surface area contributed by atoms with Crippen LogP contribution in [0, 0.1) is 6.92 Å². The Morgan fingerprint density at radius 1 is 1.42 bits per heavy atom. The lowest BCUT2D eigenvalue weighted by Gasteiger charge is -2.07. The van der Waals surface area contributed by atoms with Gasteiger partial charge >= 0.3 is 5.97 Å². The number of carbonyl (C=O) groups excluding carboxylic acids is 1. The molecule has 98 valence electrons. The normalized spacial score (nSPS) is 10.2. The molecule has 0 aliphatic heterocycles. The van der Waals surface area contributed by atoms with Crippen molar-refractivity contribution in [2.45, 2.75) is 13.5 Å². The van der Waals surface area contributed by atoms with Crippen molar-refractivity contribution in [3.8, 4) is 0 Å². The summed E-state index contributed by atoms with van der Waals surface area (Å²) in [4.78, 5) is 22.5. The van der Waals surface area contributed by atoms with Gasteiger partial charge in [0.25, 0.3) is 0 Å². The van der Waals surface area contributed by atoms with Crippen molar-refractivity contribution in [2.75, 3.05) is 5.32 Å². The lowest BCUT2D eigenvalue weighted by molar-refractivity contribution is -0.116. The van der Waals surface area contributed by atoms with Gasteiger partial charge in [0.2, 0.25) is 5.91 Å². The van der Waals surface area contributed by atoms with Gasteiger partial charge in [0, 0.05) is 5.69 Å². The quantitative estimate of drug-likeness (QED) is 0.820. The van der Waals surface area contributed by atoms with Crippen molar-refractivity contribution >= 4 is 17.6 Å². The summed E-state index contributed by atoms with van der Waals surface area (Å²) in [5.41, 5.74) is 1.31. The van der Waals surface area contributed by atoms with Gasteiger partial charge < -0.3 is 10.4 Å². The van der Waals surface area contributed by atoms with E-state index in [0.717, 1.165) is 0 Å². The van der Waals surface area contributed by atoms with Gasteiger partial charge in [-0.1, -0.05) is 0 Å². The van der Waals surface area contributed by atoms with Gasteiger partial charge in [-0.2, -0.15) is 0 Å². The topological polar surface area (TPSA) is 110 Å². The molecule has 8 heteroatoms. The number of tetrazole rings is 1. The zero-order valence-corrected chi connectivity index (χ0v) is 10.1. The Labute approximate surface area is 108 Å². The fourth-order valence-electron chi connectivity index (χ4n) is 1.58. The molecule has 19 heavy (non-hydrogen) atoms. The second kappa shape index (κ2) is 5.25. The number of aromatic nitrogens is 4. The maximum absolute atomic E-state index is 11.7. The van der Waals surface area contributed by atoms with Crippen molar-refractivity contribution in [2.24, 2.45) is 0 Å². The predicted molar refractivity (Wildman–Crippen MR) is 64.6 cm³/mol. The zero-order valence-electron chi connectivity index (χ0n) is 10.1. The molecule has 0 aliphatic carbocycles. The van der Waals surface area contributed by atoms with Crippen LogP contribution in [-0.2, 0) is 11.3 Å². The lowest BCUT2D eigenvalue weighted by atomic mass is 10.1. The first-order valence-electron chi connectivity index (χ1n) is 5.41. The number of carbonyl (C=O) groups is 2. The Hall–Kier alpha value is -2.77. The number of hydrogen-bond donors (Lipinski definition) is 2. The van der Waals surface area contributed by atoms with E-state index in [4.69, 9.17) is 5.11 Å². The smallest absolute Gasteiger partial charge is 0.335 e. The number of aromatic carboxylic acids is 1. The summed E-state index contributed by atoms with van der Waals surface area (Å²) in [6, 6.07) is 4.58. The number of nitrogens with zero attached hydrogens (tertiary/aromatic N) is 4. The molecule has 0 unspecified atom stereocenters. The summed E-state index contributed by atoms with van der Waals surface area (Å²) in [5.74, 6) is -1.29. The van der Waals surface area contributed by atoms with Gasteiger partial charge in [0.15, 0.2) is 0 Å². The monoisotopic (exact) mass is 261 g/mol. The van der Waals surface area contributed by atoms with Crippen LogP contribution in [0.15, 0.2) is 24.5 Å². The fourth-order valence-corrected chi connectivity index (χ4v) is 1.58.